The highest BCUT2D eigenvalue weighted by atomic mass is 16.3. The summed E-state index contributed by atoms with van der Waals surface area (Å²) in [4.78, 5) is 4.44. The van der Waals surface area contributed by atoms with E-state index in [4.69, 9.17) is 8.53 Å². The highest BCUT2D eigenvalue weighted by Crippen LogP contribution is 2.35. The van der Waals surface area contributed by atoms with Gasteiger partial charge in [0.15, 0.2) is 0 Å². The Kier molecular flexibility index (Phi) is 1.98. The van der Waals surface area contributed by atoms with Crippen LogP contribution in [0.3, 0.4) is 0 Å². The Balaban J connectivity index is 2.00. The van der Waals surface area contributed by atoms with Gasteiger partial charge in [0, 0.05) is 26.6 Å². The van der Waals surface area contributed by atoms with Gasteiger partial charge in [-0.2, -0.15) is 0 Å². The zero-order valence-electron chi connectivity index (χ0n) is 14.6. The molecule has 2 heterocycles. The topological polar surface area (TPSA) is 26.0 Å². The number of rotatable bonds is 1. The van der Waals surface area contributed by atoms with Crippen molar-refractivity contribution in [3.8, 4) is 11.3 Å². The molecule has 4 aromatic rings. The molecule has 2 heteroatoms. The third-order valence-electron chi connectivity index (χ3n) is 3.69. The minimum absolute atomic E-state index is 0.282. The molecule has 21 heavy (non-hydrogen) atoms. The van der Waals surface area contributed by atoms with Gasteiger partial charge in [-0.25, -0.2) is 0 Å². The lowest BCUT2D eigenvalue weighted by Crippen LogP contribution is -1.84. The molecule has 0 saturated carbocycles. The molecular weight excluding hydrogens is 258 g/mol. The van der Waals surface area contributed by atoms with E-state index >= 15 is 0 Å². The van der Waals surface area contributed by atoms with Gasteiger partial charge in [0.25, 0.3) is 0 Å². The maximum absolute atomic E-state index is 7.56. The number of para-hydroxylation sites is 1. The molecule has 0 N–H and O–H groups in total. The lowest BCUT2D eigenvalue weighted by molar-refractivity contribution is 0.669. The summed E-state index contributed by atoms with van der Waals surface area (Å²) >= 11 is 0. The molecular formula is C19H15NO. The molecule has 2 aromatic heterocycles. The van der Waals surface area contributed by atoms with Crippen LogP contribution in [-0.4, -0.2) is 4.98 Å². The van der Waals surface area contributed by atoms with E-state index in [1.165, 1.54) is 0 Å². The first-order valence-corrected chi connectivity index (χ1v) is 6.82. The Labute approximate surface area is 127 Å². The van der Waals surface area contributed by atoms with Crippen molar-refractivity contribution < 1.29 is 8.53 Å². The molecule has 0 spiro atoms. The van der Waals surface area contributed by atoms with E-state index in [1.807, 2.05) is 43.3 Å². The predicted molar refractivity (Wildman–Crippen MR) is 86.4 cm³/mol. The van der Waals surface area contributed by atoms with Crippen LogP contribution in [0, 0.1) is 13.8 Å². The van der Waals surface area contributed by atoms with Gasteiger partial charge in [-0.05, 0) is 49.2 Å². The maximum atomic E-state index is 7.56. The molecule has 0 radical (unpaired) electrons. The highest BCUT2D eigenvalue weighted by Gasteiger charge is 2.12. The Hall–Kier alpha value is -2.61. The first-order valence-electron chi connectivity index (χ1n) is 8.32. The molecule has 4 rings (SSSR count). The third kappa shape index (κ3) is 1.91. The zero-order chi connectivity index (χ0) is 16.9. The van der Waals surface area contributed by atoms with Gasteiger partial charge in [-0.1, -0.05) is 24.3 Å². The van der Waals surface area contributed by atoms with Crippen molar-refractivity contribution in [2.45, 2.75) is 13.8 Å². The van der Waals surface area contributed by atoms with E-state index < -0.39 is 6.85 Å². The van der Waals surface area contributed by atoms with Crippen LogP contribution in [0.4, 0.5) is 0 Å². The molecule has 0 bridgehead atoms. The number of aryl methyl sites for hydroxylation is 2. The summed E-state index contributed by atoms with van der Waals surface area (Å²) in [5.41, 5.74) is 4.47. The average Bonchev–Trinajstić information content (AvgIpc) is 2.91. The van der Waals surface area contributed by atoms with Gasteiger partial charge >= 0.3 is 0 Å². The summed E-state index contributed by atoms with van der Waals surface area (Å²) in [6.45, 7) is -0.124. The molecule has 0 amide bonds. The van der Waals surface area contributed by atoms with Crippen molar-refractivity contribution in [1.82, 2.24) is 4.98 Å². The number of hydrogen-bond acceptors (Lipinski definition) is 2. The van der Waals surface area contributed by atoms with Crippen LogP contribution in [0.1, 0.15) is 15.2 Å². The summed E-state index contributed by atoms with van der Waals surface area (Å²) < 4.78 is 28.7. The van der Waals surface area contributed by atoms with Crippen LogP contribution in [-0.2, 0) is 0 Å². The van der Waals surface area contributed by atoms with Gasteiger partial charge in [-0.3, -0.25) is 4.98 Å². The van der Waals surface area contributed by atoms with Crippen LogP contribution in [0.25, 0.3) is 33.2 Å². The zero-order valence-corrected chi connectivity index (χ0v) is 11.6. The van der Waals surface area contributed by atoms with Crippen LogP contribution in [0.5, 0.6) is 0 Å². The molecule has 0 saturated heterocycles. The number of nitrogens with zero attached hydrogens (tertiary/aromatic N) is 1. The van der Waals surface area contributed by atoms with Crippen LogP contribution >= 0.6 is 0 Å². The van der Waals surface area contributed by atoms with Crippen molar-refractivity contribution in [3.63, 3.8) is 0 Å². The molecule has 0 aliphatic heterocycles. The molecule has 102 valence electrons. The lowest BCUT2D eigenvalue weighted by atomic mass is 10.0. The van der Waals surface area contributed by atoms with Gasteiger partial charge in [0.2, 0.25) is 0 Å². The lowest BCUT2D eigenvalue weighted by Gasteiger charge is -2.02. The van der Waals surface area contributed by atoms with Crippen LogP contribution < -0.4 is 0 Å². The molecule has 2 nitrogen and oxygen atoms in total. The largest absolute Gasteiger partial charge is 0.455 e. The maximum Gasteiger partial charge on any atom is 0.144 e. The number of hydrogen-bond donors (Lipinski definition) is 0. The molecule has 2 aromatic carbocycles. The van der Waals surface area contributed by atoms with Crippen molar-refractivity contribution in [2.75, 3.05) is 0 Å². The van der Waals surface area contributed by atoms with E-state index in [2.05, 4.69) is 4.98 Å². The second kappa shape index (κ2) is 4.45. The molecule has 0 atom stereocenters. The summed E-state index contributed by atoms with van der Waals surface area (Å²) in [7, 11) is 0. The van der Waals surface area contributed by atoms with Crippen molar-refractivity contribution in [2.24, 2.45) is 0 Å². The summed E-state index contributed by atoms with van der Waals surface area (Å²) in [5, 5.41) is 1.87. The number of aromatic nitrogens is 1. The van der Waals surface area contributed by atoms with Gasteiger partial charge in [0.1, 0.15) is 11.2 Å². The van der Waals surface area contributed by atoms with Gasteiger partial charge in [0.05, 0.1) is 5.69 Å². The van der Waals surface area contributed by atoms with E-state index in [9.17, 15) is 0 Å². The number of benzene rings is 2. The van der Waals surface area contributed by atoms with Crippen molar-refractivity contribution >= 4 is 21.9 Å². The Morgan fingerprint density at radius 2 is 1.95 bits per heavy atom. The quantitative estimate of drug-likeness (QED) is 0.473. The van der Waals surface area contributed by atoms with E-state index in [0.717, 1.165) is 33.2 Å². The first kappa shape index (κ1) is 9.35. The Bertz CT molecular complexity index is 1060. The van der Waals surface area contributed by atoms with E-state index in [1.54, 1.807) is 18.3 Å². The Morgan fingerprint density at radius 3 is 2.81 bits per heavy atom. The minimum atomic E-state index is -2.14. The molecule has 0 fully saturated rings. The monoisotopic (exact) mass is 276 g/mol. The Morgan fingerprint density at radius 1 is 1.00 bits per heavy atom. The molecule has 0 aliphatic carbocycles. The predicted octanol–water partition coefficient (Wildman–Crippen LogP) is 5.26. The number of furan rings is 1. The van der Waals surface area contributed by atoms with Crippen molar-refractivity contribution in [1.29, 1.82) is 0 Å². The molecule has 0 aliphatic rings. The first-order chi connectivity index (χ1) is 11.4. The van der Waals surface area contributed by atoms with E-state index in [0.29, 0.717) is 5.58 Å². The highest BCUT2D eigenvalue weighted by molar-refractivity contribution is 6.09. The third-order valence-corrected chi connectivity index (χ3v) is 3.69. The molecule has 0 unspecified atom stereocenters. The second-order valence-electron chi connectivity index (χ2n) is 5.21. The average molecular weight is 276 g/mol. The van der Waals surface area contributed by atoms with Gasteiger partial charge < -0.3 is 4.42 Å². The summed E-state index contributed by atoms with van der Waals surface area (Å²) in [6.07, 6.45) is 1.78. The fourth-order valence-electron chi connectivity index (χ4n) is 2.68. The summed E-state index contributed by atoms with van der Waals surface area (Å²) in [6, 6.07) is 14.9. The fourth-order valence-corrected chi connectivity index (χ4v) is 2.68. The van der Waals surface area contributed by atoms with Gasteiger partial charge in [-0.15, -0.1) is 0 Å². The summed E-state index contributed by atoms with van der Waals surface area (Å²) in [5.74, 6) is 0. The fraction of sp³-hybridized carbons (Fsp3) is 0.105. The number of pyridine rings is 1. The standard InChI is InChI=1S/C19H15NO/c1-12-6-7-14-15-4-3-5-16(19(15)21-18(14)11-12)17-10-13(2)8-9-20-17/h3-11H,1-2H3/i1D3. The van der Waals surface area contributed by atoms with Crippen LogP contribution in [0.2, 0.25) is 0 Å². The minimum Gasteiger partial charge on any atom is -0.455 e. The second-order valence-corrected chi connectivity index (χ2v) is 5.21. The van der Waals surface area contributed by atoms with E-state index in [-0.39, 0.29) is 5.56 Å². The smallest absolute Gasteiger partial charge is 0.144 e. The number of fused-ring (bicyclic) bond motifs is 3. The van der Waals surface area contributed by atoms with Crippen molar-refractivity contribution in [3.05, 3.63) is 65.9 Å². The SMILES string of the molecule is [2H]C([2H])([2H])c1ccc2c(c1)oc1c(-c3cc(C)ccn3)cccc12. The normalized spacial score (nSPS) is 14.0. The van der Waals surface area contributed by atoms with Crippen LogP contribution in [0.15, 0.2) is 59.1 Å².